The van der Waals surface area contributed by atoms with Gasteiger partial charge in [-0.25, -0.2) is 4.39 Å². The molecular weight excluding hydrogens is 319 g/mol. The van der Waals surface area contributed by atoms with Crippen LogP contribution in [0.15, 0.2) is 42.9 Å². The van der Waals surface area contributed by atoms with Crippen LogP contribution in [0.4, 0.5) is 4.39 Å². The summed E-state index contributed by atoms with van der Waals surface area (Å²) in [6, 6.07) is 6.72. The summed E-state index contributed by atoms with van der Waals surface area (Å²) in [4.78, 5) is 18.0. The molecule has 1 aliphatic heterocycles. The number of likely N-dealkylation sites (tertiary alicyclic amines) is 1. The highest BCUT2D eigenvalue weighted by Gasteiger charge is 2.27. The summed E-state index contributed by atoms with van der Waals surface area (Å²) in [5.74, 6) is -0.148. The molecule has 0 aliphatic carbocycles. The average Bonchev–Trinajstić information content (AvgIpc) is 3.25. The number of hydrogen-bond acceptors (Lipinski definition) is 2. The Morgan fingerprint density at radius 1 is 1.36 bits per heavy atom. The minimum Gasteiger partial charge on any atom is -0.361 e. The number of H-pyrrole nitrogens is 1. The Labute approximate surface area is 145 Å². The number of rotatable bonds is 4. The van der Waals surface area contributed by atoms with E-state index in [4.69, 9.17) is 0 Å². The summed E-state index contributed by atoms with van der Waals surface area (Å²) >= 11 is 0. The first-order valence-electron chi connectivity index (χ1n) is 8.73. The van der Waals surface area contributed by atoms with Crippen LogP contribution in [0.25, 0.3) is 10.9 Å². The van der Waals surface area contributed by atoms with E-state index in [2.05, 4.69) is 10.1 Å². The van der Waals surface area contributed by atoms with Gasteiger partial charge in [0.25, 0.3) is 0 Å². The van der Waals surface area contributed by atoms with Gasteiger partial charge in [-0.05, 0) is 49.1 Å². The number of benzene rings is 1. The Hall–Kier alpha value is -2.63. The lowest BCUT2D eigenvalue weighted by molar-refractivity contribution is -0.134. The number of carbonyl (C=O) groups is 1. The third-order valence-electron chi connectivity index (χ3n) is 4.98. The zero-order valence-electron chi connectivity index (χ0n) is 14.0. The lowest BCUT2D eigenvalue weighted by Gasteiger charge is -2.35. The number of halogens is 1. The summed E-state index contributed by atoms with van der Waals surface area (Å²) in [6.07, 6.45) is 9.04. The van der Waals surface area contributed by atoms with Gasteiger partial charge in [0, 0.05) is 36.0 Å². The highest BCUT2D eigenvalue weighted by atomic mass is 19.1. The zero-order chi connectivity index (χ0) is 17.2. The Balaban J connectivity index is 1.51. The molecule has 2 aromatic heterocycles. The van der Waals surface area contributed by atoms with Crippen molar-refractivity contribution < 1.29 is 9.18 Å². The number of aromatic amines is 1. The molecule has 6 heteroatoms. The van der Waals surface area contributed by atoms with Gasteiger partial charge in [-0.3, -0.25) is 9.48 Å². The van der Waals surface area contributed by atoms with E-state index in [1.165, 1.54) is 12.1 Å². The van der Waals surface area contributed by atoms with E-state index < -0.39 is 0 Å². The van der Waals surface area contributed by atoms with Gasteiger partial charge in [0.1, 0.15) is 5.82 Å². The molecule has 5 nitrogen and oxygen atoms in total. The molecule has 1 atom stereocenters. The van der Waals surface area contributed by atoms with Crippen molar-refractivity contribution in [3.8, 4) is 0 Å². The molecule has 1 amide bonds. The molecule has 1 aromatic carbocycles. The van der Waals surface area contributed by atoms with E-state index in [1.807, 2.05) is 28.0 Å². The van der Waals surface area contributed by atoms with E-state index in [-0.39, 0.29) is 17.8 Å². The maximum absolute atomic E-state index is 13.3. The van der Waals surface area contributed by atoms with Gasteiger partial charge >= 0.3 is 0 Å². The molecule has 0 spiro atoms. The standard InChI is InChI=1S/C19H21FN4O/c20-15-5-6-17-14(12-21-18(17)11-15)10-19(25)24-9-2-1-4-16(24)13-23-8-3-7-22-23/h3,5-8,11-12,16,21H,1-2,4,9-10,13H2/t16-/m0/s1. The molecular formula is C19H21FN4O. The van der Waals surface area contributed by atoms with Gasteiger partial charge in [-0.2, -0.15) is 5.10 Å². The fraction of sp³-hybridized carbons (Fsp3) is 0.368. The predicted octanol–water partition coefficient (Wildman–Crippen LogP) is 3.13. The van der Waals surface area contributed by atoms with Gasteiger partial charge < -0.3 is 9.88 Å². The number of hydrogen-bond donors (Lipinski definition) is 1. The maximum Gasteiger partial charge on any atom is 0.227 e. The van der Waals surface area contributed by atoms with Crippen molar-refractivity contribution in [2.75, 3.05) is 6.54 Å². The molecule has 0 unspecified atom stereocenters. The van der Waals surface area contributed by atoms with Crippen molar-refractivity contribution in [3.05, 3.63) is 54.2 Å². The zero-order valence-corrected chi connectivity index (χ0v) is 14.0. The van der Waals surface area contributed by atoms with Gasteiger partial charge in [-0.15, -0.1) is 0 Å². The van der Waals surface area contributed by atoms with Crippen molar-refractivity contribution in [3.63, 3.8) is 0 Å². The van der Waals surface area contributed by atoms with Gasteiger partial charge in [0.15, 0.2) is 0 Å². The number of carbonyl (C=O) groups excluding carboxylic acids is 1. The average molecular weight is 340 g/mol. The summed E-state index contributed by atoms with van der Waals surface area (Å²) in [5, 5.41) is 5.18. The van der Waals surface area contributed by atoms with Gasteiger partial charge in [-0.1, -0.05) is 0 Å². The Morgan fingerprint density at radius 3 is 3.12 bits per heavy atom. The minimum atomic E-state index is -0.275. The first-order valence-corrected chi connectivity index (χ1v) is 8.73. The molecule has 3 heterocycles. The predicted molar refractivity (Wildman–Crippen MR) is 93.5 cm³/mol. The highest BCUT2D eigenvalue weighted by Crippen LogP contribution is 2.23. The molecule has 130 valence electrons. The van der Waals surface area contributed by atoms with E-state index in [1.54, 1.807) is 12.3 Å². The third-order valence-corrected chi connectivity index (χ3v) is 4.98. The third kappa shape index (κ3) is 3.29. The number of piperidine rings is 1. The first kappa shape index (κ1) is 15.9. The van der Waals surface area contributed by atoms with Crippen LogP contribution in [0.5, 0.6) is 0 Å². The lowest BCUT2D eigenvalue weighted by atomic mass is 10.0. The van der Waals surface area contributed by atoms with Crippen molar-refractivity contribution >= 4 is 16.8 Å². The lowest BCUT2D eigenvalue weighted by Crippen LogP contribution is -2.46. The molecule has 3 aromatic rings. The fourth-order valence-electron chi connectivity index (χ4n) is 3.71. The molecule has 25 heavy (non-hydrogen) atoms. The van der Waals surface area contributed by atoms with Crippen molar-refractivity contribution in [1.29, 1.82) is 0 Å². The summed E-state index contributed by atoms with van der Waals surface area (Å²) < 4.78 is 15.2. The highest BCUT2D eigenvalue weighted by molar-refractivity contribution is 5.89. The maximum atomic E-state index is 13.3. The second kappa shape index (κ2) is 6.70. The number of fused-ring (bicyclic) bond motifs is 1. The van der Waals surface area contributed by atoms with Crippen LogP contribution >= 0.6 is 0 Å². The molecule has 1 aliphatic rings. The van der Waals surface area contributed by atoms with E-state index in [0.717, 1.165) is 48.8 Å². The summed E-state index contributed by atoms with van der Waals surface area (Å²) in [5.41, 5.74) is 1.65. The quantitative estimate of drug-likeness (QED) is 0.793. The molecule has 1 saturated heterocycles. The van der Waals surface area contributed by atoms with Crippen LogP contribution in [0.3, 0.4) is 0 Å². The van der Waals surface area contributed by atoms with Crippen LogP contribution in [0, 0.1) is 5.82 Å². The molecule has 1 fully saturated rings. The second-order valence-corrected chi connectivity index (χ2v) is 6.65. The summed E-state index contributed by atoms with van der Waals surface area (Å²) in [7, 11) is 0. The molecule has 1 N–H and O–H groups in total. The van der Waals surface area contributed by atoms with E-state index in [0.29, 0.717) is 6.42 Å². The Bertz CT molecular complexity index is 871. The topological polar surface area (TPSA) is 53.9 Å². The van der Waals surface area contributed by atoms with E-state index in [9.17, 15) is 9.18 Å². The van der Waals surface area contributed by atoms with Crippen LogP contribution in [0.2, 0.25) is 0 Å². The minimum absolute atomic E-state index is 0.127. The second-order valence-electron chi connectivity index (χ2n) is 6.65. The largest absolute Gasteiger partial charge is 0.361 e. The number of aromatic nitrogens is 3. The van der Waals surface area contributed by atoms with Crippen LogP contribution in [-0.2, 0) is 17.8 Å². The first-order chi connectivity index (χ1) is 12.2. The summed E-state index contributed by atoms with van der Waals surface area (Å²) in [6.45, 7) is 1.53. The monoisotopic (exact) mass is 340 g/mol. The molecule has 0 saturated carbocycles. The Morgan fingerprint density at radius 2 is 2.28 bits per heavy atom. The van der Waals surface area contributed by atoms with Crippen LogP contribution < -0.4 is 0 Å². The molecule has 0 bridgehead atoms. The Kier molecular flexibility index (Phi) is 4.26. The van der Waals surface area contributed by atoms with Crippen molar-refractivity contribution in [2.24, 2.45) is 0 Å². The number of nitrogens with one attached hydrogen (secondary N) is 1. The smallest absolute Gasteiger partial charge is 0.227 e. The molecule has 4 rings (SSSR count). The van der Waals surface area contributed by atoms with Crippen LogP contribution in [0.1, 0.15) is 24.8 Å². The van der Waals surface area contributed by atoms with E-state index >= 15 is 0 Å². The van der Waals surface area contributed by atoms with Crippen molar-refractivity contribution in [2.45, 2.75) is 38.3 Å². The van der Waals surface area contributed by atoms with Crippen molar-refractivity contribution in [1.82, 2.24) is 19.7 Å². The molecule has 0 radical (unpaired) electrons. The van der Waals surface area contributed by atoms with Gasteiger partial charge in [0.05, 0.1) is 19.0 Å². The normalized spacial score (nSPS) is 18.0. The van der Waals surface area contributed by atoms with Crippen LogP contribution in [-0.4, -0.2) is 38.2 Å². The van der Waals surface area contributed by atoms with Gasteiger partial charge in [0.2, 0.25) is 5.91 Å². The fourth-order valence-corrected chi connectivity index (χ4v) is 3.71. The number of nitrogens with zero attached hydrogens (tertiary/aromatic N) is 3. The SMILES string of the molecule is O=C(Cc1c[nH]c2cc(F)ccc12)N1CCCC[C@H]1Cn1cccn1. The number of amides is 1.